The summed E-state index contributed by atoms with van der Waals surface area (Å²) in [7, 11) is 0. The molecule has 0 saturated carbocycles. The molecular weight excluding hydrogens is 667 g/mol. The van der Waals surface area contributed by atoms with Gasteiger partial charge >= 0.3 is 47.8 Å². The van der Waals surface area contributed by atoms with Gasteiger partial charge in [0.15, 0.2) is 5.82 Å². The van der Waals surface area contributed by atoms with Gasteiger partial charge in [-0.2, -0.15) is 74.6 Å². The third kappa shape index (κ3) is 6.59. The first-order valence-electron chi connectivity index (χ1n) is 12.5. The van der Waals surface area contributed by atoms with Crippen molar-refractivity contribution in [2.45, 2.75) is 93.3 Å². The lowest BCUT2D eigenvalue weighted by molar-refractivity contribution is -0.471. The van der Waals surface area contributed by atoms with Crippen molar-refractivity contribution in [2.75, 3.05) is 0 Å². The van der Waals surface area contributed by atoms with Gasteiger partial charge in [0.25, 0.3) is 0 Å². The van der Waals surface area contributed by atoms with Gasteiger partial charge in [-0.15, -0.1) is 0 Å². The van der Waals surface area contributed by atoms with Gasteiger partial charge < -0.3 is 4.74 Å². The van der Waals surface area contributed by atoms with Gasteiger partial charge in [0.1, 0.15) is 5.75 Å². The van der Waals surface area contributed by atoms with Crippen molar-refractivity contribution in [1.29, 1.82) is 0 Å². The molecule has 0 fully saturated rings. The van der Waals surface area contributed by atoms with Crippen LogP contribution in [0.5, 0.6) is 5.75 Å². The summed E-state index contributed by atoms with van der Waals surface area (Å²) in [5.41, 5.74) is -0.291. The molecule has 0 aliphatic heterocycles. The van der Waals surface area contributed by atoms with Crippen molar-refractivity contribution < 1.29 is 79.4 Å². The molecule has 1 aromatic heterocycles. The second-order valence-corrected chi connectivity index (χ2v) is 9.64. The summed E-state index contributed by atoms with van der Waals surface area (Å²) in [6.45, 7) is 1.98. The quantitative estimate of drug-likeness (QED) is 0.138. The van der Waals surface area contributed by atoms with Crippen LogP contribution < -0.4 is 4.74 Å². The summed E-state index contributed by atoms with van der Waals surface area (Å²) < 4.78 is 234. The van der Waals surface area contributed by atoms with Crippen LogP contribution in [0.3, 0.4) is 0 Å². The predicted octanol–water partition coefficient (Wildman–Crippen LogP) is 10.0. The molecule has 3 nitrogen and oxygen atoms in total. The van der Waals surface area contributed by atoms with E-state index in [0.717, 1.165) is 56.3 Å². The Hall–Kier alpha value is -3.09. The molecule has 0 spiro atoms. The molecule has 0 saturated heterocycles. The van der Waals surface area contributed by atoms with Crippen LogP contribution in [0.2, 0.25) is 0 Å². The molecule has 0 bridgehead atoms. The molecule has 0 atom stereocenters. The summed E-state index contributed by atoms with van der Waals surface area (Å²) in [4.78, 5) is 7.54. The van der Waals surface area contributed by atoms with E-state index >= 15 is 0 Å². The summed E-state index contributed by atoms with van der Waals surface area (Å²) in [6.07, 6.45) is -7.76. The van der Waals surface area contributed by atoms with E-state index in [9.17, 15) is 74.6 Å². The van der Waals surface area contributed by atoms with Crippen LogP contribution in [0.1, 0.15) is 44.6 Å². The number of halogens is 17. The largest absolute Gasteiger partial charge is 0.471 e. The number of aromatic nitrogens is 2. The molecule has 0 N–H and O–H groups in total. The van der Waals surface area contributed by atoms with Crippen molar-refractivity contribution in [3.63, 3.8) is 0 Å². The first-order chi connectivity index (χ1) is 20.2. The Labute approximate surface area is 242 Å². The summed E-state index contributed by atoms with van der Waals surface area (Å²) in [5, 5.41) is 0. The van der Waals surface area contributed by atoms with Crippen LogP contribution in [0.4, 0.5) is 74.6 Å². The van der Waals surface area contributed by atoms with Crippen molar-refractivity contribution in [2.24, 2.45) is 0 Å². The van der Waals surface area contributed by atoms with Crippen LogP contribution in [-0.2, 0) is 6.42 Å². The lowest BCUT2D eigenvalue weighted by Crippen LogP contribution is -2.74. The highest BCUT2D eigenvalue weighted by molar-refractivity contribution is 5.63. The number of aryl methyl sites for hydroxylation is 1. The van der Waals surface area contributed by atoms with Crippen molar-refractivity contribution in [1.82, 2.24) is 9.97 Å². The number of rotatable bonds is 15. The maximum Gasteiger partial charge on any atom is 0.471 e. The number of hydrogen-bond acceptors (Lipinski definition) is 3. The number of benzene rings is 1. The van der Waals surface area contributed by atoms with Gasteiger partial charge in [-0.1, -0.05) is 44.7 Å². The number of alkyl halides is 17. The molecule has 0 aliphatic carbocycles. The van der Waals surface area contributed by atoms with E-state index in [4.69, 9.17) is 0 Å². The molecule has 45 heavy (non-hydrogen) atoms. The molecule has 1 heterocycles. The van der Waals surface area contributed by atoms with E-state index in [1.807, 2.05) is 6.92 Å². The lowest BCUT2D eigenvalue weighted by atomic mass is 9.90. The van der Waals surface area contributed by atoms with E-state index in [1.165, 1.54) is 0 Å². The Morgan fingerprint density at radius 2 is 1.00 bits per heavy atom. The standard InChI is InChI=1S/C25H21F17N2O/c1-2-3-4-5-6-9-14-12-43-17(44-13-14)15-10-7-8-11-16(15)45-25(41,42)23(36,37)21(32,33)19(28,29)18(26,27)20(30,31)22(34,35)24(38,39)40/h7-8,10-13H,2-6,9H2,1H3. The molecule has 20 heteroatoms. The molecule has 0 amide bonds. The van der Waals surface area contributed by atoms with Crippen molar-refractivity contribution in [3.8, 4) is 17.1 Å². The fraction of sp³-hybridized carbons (Fsp3) is 0.600. The van der Waals surface area contributed by atoms with Crippen LogP contribution >= 0.6 is 0 Å². The number of hydrogen-bond donors (Lipinski definition) is 0. The fourth-order valence-corrected chi connectivity index (χ4v) is 3.65. The number of ether oxygens (including phenoxy) is 1. The molecule has 0 unspecified atom stereocenters. The zero-order chi connectivity index (χ0) is 34.9. The smallest absolute Gasteiger partial charge is 0.427 e. The predicted molar refractivity (Wildman–Crippen MR) is 121 cm³/mol. The van der Waals surface area contributed by atoms with E-state index < -0.39 is 65.0 Å². The molecule has 2 aromatic rings. The molecule has 256 valence electrons. The normalized spacial score (nSPS) is 14.5. The minimum Gasteiger partial charge on any atom is -0.427 e. The van der Waals surface area contributed by atoms with Crippen LogP contribution in [0.25, 0.3) is 11.4 Å². The van der Waals surface area contributed by atoms with Crippen LogP contribution in [0.15, 0.2) is 36.7 Å². The number of para-hydroxylation sites is 1. The molecule has 0 aliphatic rings. The topological polar surface area (TPSA) is 35.0 Å². The van der Waals surface area contributed by atoms with Gasteiger partial charge in [-0.25, -0.2) is 9.97 Å². The van der Waals surface area contributed by atoms with Crippen LogP contribution in [-0.4, -0.2) is 57.8 Å². The highest BCUT2D eigenvalue weighted by Crippen LogP contribution is 2.64. The summed E-state index contributed by atoms with van der Waals surface area (Å²) >= 11 is 0. The van der Waals surface area contributed by atoms with Crippen molar-refractivity contribution in [3.05, 3.63) is 42.2 Å². The highest BCUT2D eigenvalue weighted by Gasteiger charge is 2.95. The minimum absolute atomic E-state index is 0.341. The molecular formula is C25H21F17N2O. The van der Waals surface area contributed by atoms with Gasteiger partial charge in [-0.05, 0) is 30.5 Å². The third-order valence-electron chi connectivity index (χ3n) is 6.33. The first-order valence-corrected chi connectivity index (χ1v) is 12.5. The molecule has 0 radical (unpaired) electrons. The second-order valence-electron chi connectivity index (χ2n) is 9.64. The minimum atomic E-state index is -8.72. The average molecular weight is 688 g/mol. The van der Waals surface area contributed by atoms with E-state index in [-0.39, 0.29) is 0 Å². The number of nitrogens with zero attached hydrogens (tertiary/aromatic N) is 2. The van der Waals surface area contributed by atoms with E-state index in [1.54, 1.807) is 0 Å². The van der Waals surface area contributed by atoms with Gasteiger partial charge in [-0.3, -0.25) is 0 Å². The zero-order valence-electron chi connectivity index (χ0n) is 22.4. The second kappa shape index (κ2) is 12.6. The number of unbranched alkanes of at least 4 members (excludes halogenated alkanes) is 4. The summed E-state index contributed by atoms with van der Waals surface area (Å²) in [6, 6.07) is 2.85. The fourth-order valence-electron chi connectivity index (χ4n) is 3.65. The molecule has 1 aromatic carbocycles. The Kier molecular flexibility index (Phi) is 10.7. The lowest BCUT2D eigenvalue weighted by Gasteiger charge is -2.42. The molecule has 2 rings (SSSR count). The SMILES string of the molecule is CCCCCCCc1cnc(-c2ccccc2OC(F)(F)C(F)(F)C(F)(F)C(F)(F)C(F)(F)C(F)(F)C(F)(F)C(F)(F)F)nc1. The highest BCUT2D eigenvalue weighted by atomic mass is 19.4. The van der Waals surface area contributed by atoms with Crippen LogP contribution in [0, 0.1) is 0 Å². The Morgan fingerprint density at radius 1 is 0.556 bits per heavy atom. The Balaban J connectivity index is 2.44. The average Bonchev–Trinajstić information content (AvgIpc) is 2.92. The Bertz CT molecular complexity index is 1280. The monoisotopic (exact) mass is 688 g/mol. The van der Waals surface area contributed by atoms with E-state index in [2.05, 4.69) is 14.7 Å². The first kappa shape index (κ1) is 38.1. The van der Waals surface area contributed by atoms with E-state index in [0.29, 0.717) is 24.5 Å². The van der Waals surface area contributed by atoms with Gasteiger partial charge in [0.2, 0.25) is 0 Å². The van der Waals surface area contributed by atoms with Crippen molar-refractivity contribution >= 4 is 0 Å². The maximum atomic E-state index is 14.4. The van der Waals surface area contributed by atoms with Gasteiger partial charge in [0, 0.05) is 12.4 Å². The van der Waals surface area contributed by atoms with Gasteiger partial charge in [0.05, 0.1) is 5.56 Å². The summed E-state index contributed by atoms with van der Waals surface area (Å²) in [5.74, 6) is -52.8. The third-order valence-corrected chi connectivity index (χ3v) is 6.33. The zero-order valence-corrected chi connectivity index (χ0v) is 22.4. The maximum absolute atomic E-state index is 14.4. The Morgan fingerprint density at radius 3 is 1.49 bits per heavy atom.